The van der Waals surface area contributed by atoms with Crippen LogP contribution in [0.5, 0.6) is 0 Å². The molecule has 5 nitrogen and oxygen atoms in total. The van der Waals surface area contributed by atoms with Crippen molar-refractivity contribution in [3.63, 3.8) is 0 Å². The van der Waals surface area contributed by atoms with E-state index in [1.807, 2.05) is 0 Å². The summed E-state index contributed by atoms with van der Waals surface area (Å²) in [6.45, 7) is 3.59. The molecule has 114 valence electrons. The van der Waals surface area contributed by atoms with E-state index in [1.165, 1.54) is 12.1 Å². The SMILES string of the molecule is Cc1cc2onc(C)c2cc1NS(=O)(=O)c1ccccc1Cl. The fraction of sp³-hybridized carbons (Fsp3) is 0.133. The highest BCUT2D eigenvalue weighted by Gasteiger charge is 2.19. The van der Waals surface area contributed by atoms with Gasteiger partial charge in [-0.15, -0.1) is 0 Å². The standard InChI is InChI=1S/C15H13ClN2O3S/c1-9-7-14-11(10(2)17-21-14)8-13(9)18-22(19,20)15-6-4-3-5-12(15)16/h3-8,18H,1-2H3. The zero-order chi connectivity index (χ0) is 15.9. The number of aryl methyl sites for hydroxylation is 2. The van der Waals surface area contributed by atoms with Gasteiger partial charge in [0.25, 0.3) is 10.0 Å². The van der Waals surface area contributed by atoms with Crippen LogP contribution in [0.15, 0.2) is 45.8 Å². The van der Waals surface area contributed by atoms with Gasteiger partial charge in [0.15, 0.2) is 5.58 Å². The molecule has 3 aromatic rings. The molecule has 0 unspecified atom stereocenters. The number of nitrogens with zero attached hydrogens (tertiary/aromatic N) is 1. The van der Waals surface area contributed by atoms with E-state index in [2.05, 4.69) is 9.88 Å². The van der Waals surface area contributed by atoms with Crippen LogP contribution in [-0.2, 0) is 10.0 Å². The van der Waals surface area contributed by atoms with Gasteiger partial charge < -0.3 is 4.52 Å². The maximum atomic E-state index is 12.5. The quantitative estimate of drug-likeness (QED) is 0.787. The zero-order valence-corrected chi connectivity index (χ0v) is 13.5. The van der Waals surface area contributed by atoms with Crippen LogP contribution in [0.3, 0.4) is 0 Å². The molecule has 22 heavy (non-hydrogen) atoms. The monoisotopic (exact) mass is 336 g/mol. The molecular weight excluding hydrogens is 324 g/mol. The number of halogens is 1. The van der Waals surface area contributed by atoms with Gasteiger partial charge in [-0.25, -0.2) is 8.42 Å². The highest BCUT2D eigenvalue weighted by molar-refractivity contribution is 7.92. The number of sulfonamides is 1. The van der Waals surface area contributed by atoms with E-state index < -0.39 is 10.0 Å². The van der Waals surface area contributed by atoms with Gasteiger partial charge in [0, 0.05) is 5.39 Å². The van der Waals surface area contributed by atoms with Crippen LogP contribution in [0.4, 0.5) is 5.69 Å². The number of hydrogen-bond donors (Lipinski definition) is 1. The Balaban J connectivity index is 2.07. The topological polar surface area (TPSA) is 72.2 Å². The maximum absolute atomic E-state index is 12.5. The molecular formula is C15H13ClN2O3S. The summed E-state index contributed by atoms with van der Waals surface area (Å²) in [6, 6.07) is 9.77. The van der Waals surface area contributed by atoms with Gasteiger partial charge in [-0.2, -0.15) is 0 Å². The minimum Gasteiger partial charge on any atom is -0.356 e. The molecule has 1 N–H and O–H groups in total. The van der Waals surface area contributed by atoms with E-state index in [0.29, 0.717) is 17.0 Å². The van der Waals surface area contributed by atoms with Gasteiger partial charge in [-0.05, 0) is 43.7 Å². The number of anilines is 1. The summed E-state index contributed by atoms with van der Waals surface area (Å²) in [5.74, 6) is 0. The van der Waals surface area contributed by atoms with E-state index in [4.69, 9.17) is 16.1 Å². The summed E-state index contributed by atoms with van der Waals surface area (Å²) < 4.78 is 32.7. The second kappa shape index (κ2) is 5.30. The van der Waals surface area contributed by atoms with Crippen molar-refractivity contribution in [2.45, 2.75) is 18.7 Å². The molecule has 0 aliphatic carbocycles. The molecule has 0 radical (unpaired) electrons. The van der Waals surface area contributed by atoms with Gasteiger partial charge in [-0.1, -0.05) is 28.9 Å². The van der Waals surface area contributed by atoms with Crippen LogP contribution in [0, 0.1) is 13.8 Å². The summed E-state index contributed by atoms with van der Waals surface area (Å²) >= 11 is 5.97. The molecule has 1 aromatic heterocycles. The Kier molecular flexibility index (Phi) is 3.58. The first kappa shape index (κ1) is 14.9. The highest BCUT2D eigenvalue weighted by Crippen LogP contribution is 2.29. The summed E-state index contributed by atoms with van der Waals surface area (Å²) in [6.07, 6.45) is 0. The Morgan fingerprint density at radius 1 is 1.18 bits per heavy atom. The average molecular weight is 337 g/mol. The van der Waals surface area contributed by atoms with Gasteiger partial charge in [0.05, 0.1) is 16.4 Å². The summed E-state index contributed by atoms with van der Waals surface area (Å²) in [7, 11) is -3.76. The van der Waals surface area contributed by atoms with Crippen molar-refractivity contribution in [1.29, 1.82) is 0 Å². The van der Waals surface area contributed by atoms with Crippen LogP contribution >= 0.6 is 11.6 Å². The fourth-order valence-electron chi connectivity index (χ4n) is 2.18. The minimum atomic E-state index is -3.76. The first-order chi connectivity index (χ1) is 10.4. The largest absolute Gasteiger partial charge is 0.356 e. The summed E-state index contributed by atoms with van der Waals surface area (Å²) in [5.41, 5.74) is 2.53. The van der Waals surface area contributed by atoms with Gasteiger partial charge >= 0.3 is 0 Å². The van der Waals surface area contributed by atoms with Crippen LogP contribution in [0.1, 0.15) is 11.3 Å². The maximum Gasteiger partial charge on any atom is 0.263 e. The van der Waals surface area contributed by atoms with Crippen LogP contribution in [0.2, 0.25) is 5.02 Å². The molecule has 0 amide bonds. The zero-order valence-electron chi connectivity index (χ0n) is 11.9. The fourth-order valence-corrected chi connectivity index (χ4v) is 3.82. The molecule has 7 heteroatoms. The van der Waals surface area contributed by atoms with Crippen LogP contribution in [-0.4, -0.2) is 13.6 Å². The third kappa shape index (κ3) is 2.55. The lowest BCUT2D eigenvalue weighted by atomic mass is 10.1. The third-order valence-electron chi connectivity index (χ3n) is 3.37. The van der Waals surface area contributed by atoms with E-state index in [-0.39, 0.29) is 9.92 Å². The van der Waals surface area contributed by atoms with Gasteiger partial charge in [0.1, 0.15) is 4.90 Å². The number of hydrogen-bond acceptors (Lipinski definition) is 4. The van der Waals surface area contributed by atoms with E-state index in [9.17, 15) is 8.42 Å². The van der Waals surface area contributed by atoms with Crippen LogP contribution < -0.4 is 4.72 Å². The lowest BCUT2D eigenvalue weighted by Crippen LogP contribution is -2.14. The molecule has 2 aromatic carbocycles. The molecule has 0 aliphatic heterocycles. The van der Waals surface area contributed by atoms with E-state index in [0.717, 1.165) is 10.9 Å². The summed E-state index contributed by atoms with van der Waals surface area (Å²) in [4.78, 5) is 0.0400. The van der Waals surface area contributed by atoms with E-state index >= 15 is 0 Å². The lowest BCUT2D eigenvalue weighted by Gasteiger charge is -2.11. The third-order valence-corrected chi connectivity index (χ3v) is 5.23. The van der Waals surface area contributed by atoms with Crippen molar-refractivity contribution in [1.82, 2.24) is 5.16 Å². The number of benzene rings is 2. The molecule has 0 spiro atoms. The normalized spacial score (nSPS) is 11.8. The number of aromatic nitrogens is 1. The molecule has 0 saturated carbocycles. The predicted octanol–water partition coefficient (Wildman–Crippen LogP) is 3.90. The van der Waals surface area contributed by atoms with Gasteiger partial charge in [-0.3, -0.25) is 4.72 Å². The van der Waals surface area contributed by atoms with E-state index in [1.54, 1.807) is 38.1 Å². The van der Waals surface area contributed by atoms with Gasteiger partial charge in [0.2, 0.25) is 0 Å². The Hall–Kier alpha value is -2.05. The number of nitrogens with one attached hydrogen (secondary N) is 1. The van der Waals surface area contributed by atoms with Crippen molar-refractivity contribution in [2.24, 2.45) is 0 Å². The molecule has 0 saturated heterocycles. The Morgan fingerprint density at radius 2 is 1.91 bits per heavy atom. The Bertz CT molecular complexity index is 964. The van der Waals surface area contributed by atoms with Crippen molar-refractivity contribution < 1.29 is 12.9 Å². The van der Waals surface area contributed by atoms with Crippen LogP contribution in [0.25, 0.3) is 11.0 Å². The first-order valence-corrected chi connectivity index (χ1v) is 8.38. The number of fused-ring (bicyclic) bond motifs is 1. The average Bonchev–Trinajstić information content (AvgIpc) is 2.80. The van der Waals surface area contributed by atoms with Crippen molar-refractivity contribution in [2.75, 3.05) is 4.72 Å². The molecule has 1 heterocycles. The second-order valence-electron chi connectivity index (χ2n) is 4.97. The molecule has 0 atom stereocenters. The van der Waals surface area contributed by atoms with Crippen molar-refractivity contribution in [3.8, 4) is 0 Å². The van der Waals surface area contributed by atoms with Crippen molar-refractivity contribution in [3.05, 3.63) is 52.7 Å². The molecule has 0 bridgehead atoms. The smallest absolute Gasteiger partial charge is 0.263 e. The molecule has 3 rings (SSSR count). The van der Waals surface area contributed by atoms with Crippen molar-refractivity contribution >= 4 is 38.3 Å². The lowest BCUT2D eigenvalue weighted by molar-refractivity contribution is 0.450. The summed E-state index contributed by atoms with van der Waals surface area (Å²) in [5, 5.41) is 4.82. The Morgan fingerprint density at radius 3 is 2.64 bits per heavy atom. The highest BCUT2D eigenvalue weighted by atomic mass is 35.5. The second-order valence-corrected chi connectivity index (χ2v) is 7.03. The number of rotatable bonds is 3. The molecule has 0 fully saturated rings. The minimum absolute atomic E-state index is 0.0400. The predicted molar refractivity (Wildman–Crippen MR) is 85.7 cm³/mol. The molecule has 0 aliphatic rings. The first-order valence-electron chi connectivity index (χ1n) is 6.52. The Labute approximate surface area is 132 Å².